The van der Waals surface area contributed by atoms with E-state index >= 15 is 0 Å². The molecule has 1 unspecified atom stereocenters. The van der Waals surface area contributed by atoms with E-state index in [1.165, 1.54) is 14.0 Å². The third kappa shape index (κ3) is 9.94. The highest BCUT2D eigenvalue weighted by molar-refractivity contribution is 7.54. The Balaban J connectivity index is 1.70. The molecule has 0 saturated carbocycles. The summed E-state index contributed by atoms with van der Waals surface area (Å²) in [5.41, 5.74) is 9.14. The zero-order valence-electron chi connectivity index (χ0n) is 32.7. The summed E-state index contributed by atoms with van der Waals surface area (Å²) in [5, 5.41) is 15.3. The number of carbonyl (C=O) groups excluding carboxylic acids is 4. The Labute approximate surface area is 328 Å². The SMILES string of the molecule is COC(=O)[C@@H]1CC=CCc2cc3ccccc3c(c2OC)-c2c(OC)c(cc3ccccc23)CC(NC(C)=O)C(=O)N[C@@H](CCCN=C(N)NP(C)C)C(=O)N1. The van der Waals surface area contributed by atoms with Gasteiger partial charge in [-0.2, -0.15) is 0 Å². The molecule has 0 saturated heterocycles. The van der Waals surface area contributed by atoms with Gasteiger partial charge in [0.1, 0.15) is 29.6 Å². The summed E-state index contributed by atoms with van der Waals surface area (Å²) < 4.78 is 17.5. The standard InChI is InChI=1S/C42H51N6O7P/c1-25(49)45-34-24-29-23-27-15-8-11-18-31(27)36(38(29)54-3)35-30-17-10-7-14-26(30)22-28(37(35)53-2)16-9-12-19-33(41(52)55-4)47-39(50)32(46-40(34)51)20-13-21-44-42(43)48-56(5)6/h7-12,14-15,17-18,22-23,32-34H,13,16,19-21,24H2,1-6H3,(H,45,49)(H,46,51)(H,47,50)(H3,43,44,48)/t32-,33-,34?/m0/s1. The van der Waals surface area contributed by atoms with Crippen LogP contribution in [0.2, 0.25) is 0 Å². The normalized spacial score (nSPS) is 18.1. The molecule has 3 amide bonds. The van der Waals surface area contributed by atoms with Crippen LogP contribution in [0, 0.1) is 0 Å². The number of carbonyl (C=O) groups is 4. The molecule has 4 aromatic carbocycles. The lowest BCUT2D eigenvalue weighted by molar-refractivity contribution is -0.145. The minimum atomic E-state index is -1.11. The highest BCUT2D eigenvalue weighted by atomic mass is 31.1. The maximum Gasteiger partial charge on any atom is 0.328 e. The third-order valence-corrected chi connectivity index (χ3v) is 10.2. The van der Waals surface area contributed by atoms with Crippen LogP contribution in [0.4, 0.5) is 0 Å². The van der Waals surface area contributed by atoms with Gasteiger partial charge in [-0.3, -0.25) is 19.4 Å². The summed E-state index contributed by atoms with van der Waals surface area (Å²) in [7, 11) is 3.95. The Hall–Kier alpha value is -5.68. The van der Waals surface area contributed by atoms with E-state index in [0.29, 0.717) is 35.9 Å². The van der Waals surface area contributed by atoms with Crippen molar-refractivity contribution in [3.8, 4) is 22.6 Å². The maximum absolute atomic E-state index is 14.3. The molecule has 13 nitrogen and oxygen atoms in total. The van der Waals surface area contributed by atoms with E-state index in [1.54, 1.807) is 14.2 Å². The quantitative estimate of drug-likeness (QED) is 0.0401. The first-order valence-corrected chi connectivity index (χ1v) is 20.7. The predicted molar refractivity (Wildman–Crippen MR) is 222 cm³/mol. The summed E-state index contributed by atoms with van der Waals surface area (Å²) in [6, 6.07) is 16.8. The highest BCUT2D eigenvalue weighted by Crippen LogP contribution is 2.48. The first kappa shape index (κ1) is 41.5. The molecule has 1 aliphatic heterocycles. The molecular weight excluding hydrogens is 731 g/mol. The molecule has 5 rings (SSSR count). The predicted octanol–water partition coefficient (Wildman–Crippen LogP) is 4.71. The van der Waals surface area contributed by atoms with E-state index in [1.807, 2.05) is 80.1 Å². The molecule has 1 heterocycles. The van der Waals surface area contributed by atoms with Crippen molar-refractivity contribution in [2.75, 3.05) is 41.2 Å². The third-order valence-electron chi connectivity index (χ3n) is 9.52. The molecule has 4 aromatic rings. The number of nitrogens with two attached hydrogens (primary N) is 1. The summed E-state index contributed by atoms with van der Waals surface area (Å²) >= 11 is 0. The molecule has 14 heteroatoms. The van der Waals surface area contributed by atoms with Gasteiger partial charge in [0.15, 0.2) is 5.96 Å². The summed E-state index contributed by atoms with van der Waals surface area (Å²) in [6.45, 7) is 5.62. The fourth-order valence-corrected chi connectivity index (χ4v) is 7.61. The number of guanidine groups is 1. The minimum Gasteiger partial charge on any atom is -0.496 e. The van der Waals surface area contributed by atoms with E-state index in [-0.39, 0.29) is 25.8 Å². The lowest BCUT2D eigenvalue weighted by Crippen LogP contribution is -2.56. The van der Waals surface area contributed by atoms with Crippen LogP contribution < -0.4 is 36.2 Å². The molecule has 0 radical (unpaired) electrons. The largest absolute Gasteiger partial charge is 0.496 e. The van der Waals surface area contributed by atoms with Crippen LogP contribution >= 0.6 is 8.07 Å². The Kier molecular flexibility index (Phi) is 14.3. The van der Waals surface area contributed by atoms with Crippen LogP contribution in [0.15, 0.2) is 77.8 Å². The molecule has 296 valence electrons. The Morgan fingerprint density at radius 1 is 0.875 bits per heavy atom. The van der Waals surface area contributed by atoms with Crippen LogP contribution in [0.5, 0.6) is 11.5 Å². The van der Waals surface area contributed by atoms with E-state index in [0.717, 1.165) is 38.2 Å². The number of amides is 3. The zero-order chi connectivity index (χ0) is 40.4. The molecule has 3 atom stereocenters. The van der Waals surface area contributed by atoms with Crippen LogP contribution in [0.25, 0.3) is 32.7 Å². The van der Waals surface area contributed by atoms with E-state index in [9.17, 15) is 19.2 Å². The number of aliphatic imine (C=N–C) groups is 1. The monoisotopic (exact) mass is 782 g/mol. The molecule has 0 fully saturated rings. The molecule has 0 spiro atoms. The van der Waals surface area contributed by atoms with Crippen molar-refractivity contribution >= 4 is 59.3 Å². The first-order chi connectivity index (χ1) is 26.9. The Bertz CT molecular complexity index is 2150. The molecule has 56 heavy (non-hydrogen) atoms. The topological polar surface area (TPSA) is 182 Å². The van der Waals surface area contributed by atoms with Crippen LogP contribution in [0.1, 0.15) is 37.3 Å². The first-order valence-electron chi connectivity index (χ1n) is 18.5. The van der Waals surface area contributed by atoms with Crippen molar-refractivity contribution in [3.05, 3.63) is 83.9 Å². The number of esters is 1. The lowest BCUT2D eigenvalue weighted by Gasteiger charge is -2.26. The average Bonchev–Trinajstić information content (AvgIpc) is 3.17. The van der Waals surface area contributed by atoms with Crippen molar-refractivity contribution in [1.82, 2.24) is 21.0 Å². The Morgan fingerprint density at radius 2 is 1.48 bits per heavy atom. The number of ether oxygens (including phenoxy) is 3. The van der Waals surface area contributed by atoms with E-state index in [4.69, 9.17) is 19.9 Å². The molecule has 0 aliphatic carbocycles. The summed E-state index contributed by atoms with van der Waals surface area (Å²) in [6.07, 6.45) is 4.90. The highest BCUT2D eigenvalue weighted by Gasteiger charge is 2.31. The average molecular weight is 783 g/mol. The number of hydrogen-bond acceptors (Lipinski definition) is 8. The van der Waals surface area contributed by atoms with Gasteiger partial charge in [0.2, 0.25) is 17.7 Å². The van der Waals surface area contributed by atoms with Gasteiger partial charge in [0.05, 0.1) is 21.3 Å². The zero-order valence-corrected chi connectivity index (χ0v) is 33.6. The van der Waals surface area contributed by atoms with Crippen molar-refractivity contribution < 1.29 is 33.4 Å². The van der Waals surface area contributed by atoms with E-state index in [2.05, 4.69) is 32.1 Å². The van der Waals surface area contributed by atoms with Crippen molar-refractivity contribution in [1.29, 1.82) is 0 Å². The van der Waals surface area contributed by atoms with Gasteiger partial charge < -0.3 is 41.0 Å². The van der Waals surface area contributed by atoms with Gasteiger partial charge in [-0.15, -0.1) is 0 Å². The van der Waals surface area contributed by atoms with Crippen LogP contribution in [-0.4, -0.2) is 89.0 Å². The van der Waals surface area contributed by atoms with Gasteiger partial charge in [0.25, 0.3) is 0 Å². The van der Waals surface area contributed by atoms with Gasteiger partial charge in [-0.1, -0.05) is 60.7 Å². The number of nitrogens with zero attached hydrogens (tertiary/aromatic N) is 1. The number of allylic oxidation sites excluding steroid dienone is 1. The number of rotatable bonds is 9. The lowest BCUT2D eigenvalue weighted by atomic mass is 9.87. The molecule has 4 bridgehead atoms. The number of fused-ring (bicyclic) bond motifs is 9. The number of nitrogens with one attached hydrogen (secondary N) is 4. The minimum absolute atomic E-state index is 0.0255. The molecule has 6 N–H and O–H groups in total. The van der Waals surface area contributed by atoms with Crippen molar-refractivity contribution in [2.24, 2.45) is 10.7 Å². The second kappa shape index (κ2) is 19.3. The number of benzene rings is 4. The van der Waals surface area contributed by atoms with Crippen LogP contribution in [0.3, 0.4) is 0 Å². The van der Waals surface area contributed by atoms with E-state index < -0.39 is 49.9 Å². The molecule has 0 aromatic heterocycles. The van der Waals surface area contributed by atoms with Crippen molar-refractivity contribution in [3.63, 3.8) is 0 Å². The molecule has 1 aliphatic rings. The van der Waals surface area contributed by atoms with Crippen molar-refractivity contribution in [2.45, 2.75) is 57.2 Å². The smallest absolute Gasteiger partial charge is 0.328 e. The molecular formula is C42H51N6O7P. The second-order valence-corrected chi connectivity index (χ2v) is 15.8. The summed E-state index contributed by atoms with van der Waals surface area (Å²) in [5.74, 6) is -0.800. The number of methoxy groups -OCH3 is 3. The van der Waals surface area contributed by atoms with Crippen LogP contribution in [-0.2, 0) is 36.8 Å². The summed E-state index contributed by atoms with van der Waals surface area (Å²) in [4.78, 5) is 58.2. The maximum atomic E-state index is 14.3. The van der Waals surface area contributed by atoms with Gasteiger partial charge >= 0.3 is 5.97 Å². The van der Waals surface area contributed by atoms with Gasteiger partial charge in [-0.25, -0.2) is 4.79 Å². The van der Waals surface area contributed by atoms with Gasteiger partial charge in [-0.05, 0) is 91.9 Å². The van der Waals surface area contributed by atoms with Gasteiger partial charge in [0, 0.05) is 31.0 Å². The second-order valence-electron chi connectivity index (χ2n) is 13.8. The fraction of sp³-hybridized carbons (Fsp3) is 0.357. The Morgan fingerprint density at radius 3 is 2.07 bits per heavy atom. The fourth-order valence-electron chi connectivity index (χ4n) is 7.09. The number of hydrogen-bond donors (Lipinski definition) is 5.